The van der Waals surface area contributed by atoms with Crippen molar-refractivity contribution in [1.82, 2.24) is 14.9 Å². The van der Waals surface area contributed by atoms with Gasteiger partial charge < -0.3 is 20.3 Å². The molecule has 0 amide bonds. The Labute approximate surface area is 213 Å². The fraction of sp³-hybridized carbons (Fsp3) is 0.478. The van der Waals surface area contributed by atoms with Crippen molar-refractivity contribution in [3.8, 4) is 0 Å². The summed E-state index contributed by atoms with van der Waals surface area (Å²) in [5.41, 5.74) is 3.31. The number of nitrogens with one attached hydrogen (secondary N) is 1. The van der Waals surface area contributed by atoms with E-state index in [1.54, 1.807) is 6.20 Å². The van der Waals surface area contributed by atoms with Gasteiger partial charge in [0.2, 0.25) is 0 Å². The molecule has 0 radical (unpaired) electrons. The van der Waals surface area contributed by atoms with Crippen molar-refractivity contribution in [1.29, 1.82) is 0 Å². The number of pyridine rings is 2. The summed E-state index contributed by atoms with van der Waals surface area (Å²) >= 11 is 0. The summed E-state index contributed by atoms with van der Waals surface area (Å²) in [5, 5.41) is 17.8. The molecule has 1 spiro atoms. The molecule has 0 saturated carbocycles. The fourth-order valence-electron chi connectivity index (χ4n) is 3.88. The van der Waals surface area contributed by atoms with E-state index in [2.05, 4.69) is 38.4 Å². The van der Waals surface area contributed by atoms with Crippen LogP contribution in [0.15, 0.2) is 42.7 Å². The van der Waals surface area contributed by atoms with Gasteiger partial charge >= 0.3 is 24.3 Å². The number of ether oxygens (including phenoxy) is 1. The van der Waals surface area contributed by atoms with Gasteiger partial charge in [0, 0.05) is 44.1 Å². The Morgan fingerprint density at radius 2 is 1.74 bits per heavy atom. The summed E-state index contributed by atoms with van der Waals surface area (Å²) in [6.45, 7) is 5.80. The maximum absolute atomic E-state index is 10.6. The highest BCUT2D eigenvalue weighted by Crippen LogP contribution is 2.36. The first kappa shape index (κ1) is 30.8. The van der Waals surface area contributed by atoms with Gasteiger partial charge in [0.15, 0.2) is 0 Å². The number of likely N-dealkylation sites (tertiary alicyclic amines) is 1. The molecule has 2 atom stereocenters. The normalized spacial score (nSPS) is 21.2. The van der Waals surface area contributed by atoms with Crippen LogP contribution in [0.1, 0.15) is 24.2 Å². The average Bonchev–Trinajstić information content (AvgIpc) is 3.39. The molecule has 4 rings (SSSR count). The summed E-state index contributed by atoms with van der Waals surface area (Å²) < 4.78 is 69.7. The molecule has 9 nitrogen and oxygen atoms in total. The van der Waals surface area contributed by atoms with Crippen LogP contribution >= 0.6 is 0 Å². The molecular weight excluding hydrogens is 526 g/mol. The number of anilines is 1. The number of nitrogens with zero attached hydrogens (tertiary/aromatic N) is 3. The molecule has 2 aromatic heterocycles. The Kier molecular flexibility index (Phi) is 10.4. The number of rotatable bonds is 4. The van der Waals surface area contributed by atoms with E-state index in [1.165, 1.54) is 0 Å². The quantitative estimate of drug-likeness (QED) is 0.485. The van der Waals surface area contributed by atoms with E-state index < -0.39 is 24.3 Å². The van der Waals surface area contributed by atoms with Crippen molar-refractivity contribution in [2.75, 3.05) is 25.0 Å². The zero-order valence-electron chi connectivity index (χ0n) is 20.1. The summed E-state index contributed by atoms with van der Waals surface area (Å²) in [4.78, 5) is 29.0. The Morgan fingerprint density at radius 1 is 1.11 bits per heavy atom. The van der Waals surface area contributed by atoms with Gasteiger partial charge in [-0.2, -0.15) is 26.3 Å². The lowest BCUT2D eigenvalue weighted by molar-refractivity contribution is -0.193. The molecule has 0 aromatic carbocycles. The number of carboxylic acid groups (broad SMARTS) is 2. The van der Waals surface area contributed by atoms with E-state index in [-0.39, 0.29) is 5.60 Å². The summed E-state index contributed by atoms with van der Waals surface area (Å²) in [7, 11) is 0. The molecule has 2 aromatic rings. The minimum atomic E-state index is -5.08. The Morgan fingerprint density at radius 3 is 2.26 bits per heavy atom. The molecule has 38 heavy (non-hydrogen) atoms. The summed E-state index contributed by atoms with van der Waals surface area (Å²) in [6.07, 6.45) is -4.34. The predicted molar refractivity (Wildman–Crippen MR) is 121 cm³/mol. The minimum absolute atomic E-state index is 0.00367. The molecule has 2 fully saturated rings. The Balaban J connectivity index is 0.000000301. The van der Waals surface area contributed by atoms with Crippen molar-refractivity contribution in [2.24, 2.45) is 0 Å². The van der Waals surface area contributed by atoms with Crippen molar-refractivity contribution in [2.45, 2.75) is 50.3 Å². The van der Waals surface area contributed by atoms with Crippen LogP contribution < -0.4 is 5.32 Å². The third-order valence-electron chi connectivity index (χ3n) is 5.45. The lowest BCUT2D eigenvalue weighted by atomic mass is 9.97. The number of hydrogen-bond donors (Lipinski definition) is 3. The third kappa shape index (κ3) is 10.1. The molecule has 15 heteroatoms. The number of aromatic nitrogens is 2. The highest BCUT2D eigenvalue weighted by Gasteiger charge is 2.45. The standard InChI is InChI=1S/C19H24N4O.2C2HF3O2/c1-15-4-2-5-17(21-15)12-23-9-7-19(14-23)10-18(13-24-19)22-16-6-3-8-20-11-16;2*3-2(4,5)1(6)7/h2-6,8,11,18,22H,7,9-10,12-14H2,1H3;2*(H,6,7). The van der Waals surface area contributed by atoms with Gasteiger partial charge in [-0.1, -0.05) is 6.07 Å². The third-order valence-corrected chi connectivity index (χ3v) is 5.45. The van der Waals surface area contributed by atoms with E-state index in [0.717, 1.165) is 56.2 Å². The molecule has 210 valence electrons. The van der Waals surface area contributed by atoms with Crippen LogP contribution in [-0.4, -0.2) is 80.7 Å². The second-order valence-corrected chi connectivity index (χ2v) is 8.62. The van der Waals surface area contributed by atoms with Crippen LogP contribution in [0.5, 0.6) is 0 Å². The second kappa shape index (κ2) is 12.9. The van der Waals surface area contributed by atoms with Gasteiger partial charge in [0.1, 0.15) is 0 Å². The molecule has 2 unspecified atom stereocenters. The van der Waals surface area contributed by atoms with Gasteiger partial charge in [-0.3, -0.25) is 14.9 Å². The summed E-state index contributed by atoms with van der Waals surface area (Å²) in [5.74, 6) is -5.51. The first-order valence-electron chi connectivity index (χ1n) is 11.2. The van der Waals surface area contributed by atoms with Crippen LogP contribution in [0.2, 0.25) is 0 Å². The van der Waals surface area contributed by atoms with Crippen LogP contribution in [0.4, 0.5) is 32.0 Å². The second-order valence-electron chi connectivity index (χ2n) is 8.62. The van der Waals surface area contributed by atoms with Crippen LogP contribution in [-0.2, 0) is 20.9 Å². The number of hydrogen-bond acceptors (Lipinski definition) is 7. The van der Waals surface area contributed by atoms with Crippen molar-refractivity contribution < 1.29 is 50.9 Å². The molecule has 0 bridgehead atoms. The Hall–Kier alpha value is -3.46. The summed E-state index contributed by atoms with van der Waals surface area (Å²) in [6, 6.07) is 10.6. The topological polar surface area (TPSA) is 125 Å². The van der Waals surface area contributed by atoms with E-state index in [9.17, 15) is 26.3 Å². The highest BCUT2D eigenvalue weighted by molar-refractivity contribution is 5.73. The van der Waals surface area contributed by atoms with Crippen molar-refractivity contribution in [3.63, 3.8) is 0 Å². The number of alkyl halides is 6. The smallest absolute Gasteiger partial charge is 0.475 e. The molecule has 2 aliphatic heterocycles. The number of halogens is 6. The van der Waals surface area contributed by atoms with Gasteiger partial charge in [-0.05, 0) is 37.6 Å². The molecular formula is C23H26F6N4O5. The largest absolute Gasteiger partial charge is 0.490 e. The lowest BCUT2D eigenvalue weighted by Gasteiger charge is -2.23. The van der Waals surface area contributed by atoms with Crippen molar-refractivity contribution >= 4 is 17.6 Å². The number of carbonyl (C=O) groups is 2. The SMILES string of the molecule is Cc1cccc(CN2CCC3(CC(Nc4cccnc4)CO3)C2)n1.O=C(O)C(F)(F)F.O=C(O)C(F)(F)F. The number of aryl methyl sites for hydroxylation is 1. The highest BCUT2D eigenvalue weighted by atomic mass is 19.4. The van der Waals surface area contributed by atoms with Gasteiger partial charge in [-0.25, -0.2) is 9.59 Å². The minimum Gasteiger partial charge on any atom is -0.475 e. The monoisotopic (exact) mass is 552 g/mol. The zero-order valence-corrected chi connectivity index (χ0v) is 20.1. The van der Waals surface area contributed by atoms with Crippen LogP contribution in [0.25, 0.3) is 0 Å². The molecule has 2 saturated heterocycles. The number of carboxylic acids is 2. The van der Waals surface area contributed by atoms with Gasteiger partial charge in [-0.15, -0.1) is 0 Å². The zero-order chi connectivity index (χ0) is 28.6. The first-order chi connectivity index (χ1) is 17.6. The first-order valence-corrected chi connectivity index (χ1v) is 11.2. The maximum Gasteiger partial charge on any atom is 0.490 e. The van der Waals surface area contributed by atoms with E-state index in [4.69, 9.17) is 24.5 Å². The van der Waals surface area contributed by atoms with Gasteiger partial charge in [0.25, 0.3) is 0 Å². The fourth-order valence-corrected chi connectivity index (χ4v) is 3.88. The van der Waals surface area contributed by atoms with E-state index in [0.29, 0.717) is 6.04 Å². The van der Waals surface area contributed by atoms with E-state index in [1.807, 2.05) is 25.3 Å². The van der Waals surface area contributed by atoms with Gasteiger partial charge in [0.05, 0.1) is 29.6 Å². The lowest BCUT2D eigenvalue weighted by Crippen LogP contribution is -2.33. The average molecular weight is 552 g/mol. The number of aliphatic carboxylic acids is 2. The van der Waals surface area contributed by atoms with Crippen LogP contribution in [0.3, 0.4) is 0 Å². The molecule has 3 N–H and O–H groups in total. The molecule has 2 aliphatic rings. The molecule has 0 aliphatic carbocycles. The Bertz CT molecular complexity index is 1050. The maximum atomic E-state index is 10.6. The van der Waals surface area contributed by atoms with Crippen molar-refractivity contribution in [3.05, 3.63) is 54.1 Å². The van der Waals surface area contributed by atoms with E-state index >= 15 is 0 Å². The predicted octanol–water partition coefficient (Wildman–Crippen LogP) is 3.90. The van der Waals surface area contributed by atoms with Crippen LogP contribution in [0, 0.1) is 6.92 Å². The molecule has 4 heterocycles.